The second kappa shape index (κ2) is 3.31. The van der Waals surface area contributed by atoms with Crippen LogP contribution >= 0.6 is 0 Å². The molecule has 7 aliphatic carbocycles. The van der Waals surface area contributed by atoms with Gasteiger partial charge in [0.15, 0.2) is 0 Å². The zero-order chi connectivity index (χ0) is 13.9. The van der Waals surface area contributed by atoms with E-state index in [0.717, 1.165) is 33.5 Å². The molecule has 0 aromatic heterocycles. The lowest BCUT2D eigenvalue weighted by molar-refractivity contribution is -0.367. The van der Waals surface area contributed by atoms with E-state index in [2.05, 4.69) is 13.0 Å². The summed E-state index contributed by atoms with van der Waals surface area (Å²) in [5.74, 6) is 2.00. The predicted octanol–water partition coefficient (Wildman–Crippen LogP) is 5.87. The number of rotatable bonds is 1. The lowest BCUT2D eigenvalue weighted by Gasteiger charge is -2.85. The van der Waals surface area contributed by atoms with E-state index in [1.54, 1.807) is 57.8 Å². The molecule has 5 unspecified atom stereocenters. The fourth-order valence-corrected chi connectivity index (χ4v) is 9.94. The minimum absolute atomic E-state index is 0.732. The van der Waals surface area contributed by atoms with Crippen LogP contribution in [0.3, 0.4) is 0 Å². The van der Waals surface area contributed by atoms with E-state index in [0.29, 0.717) is 0 Å². The molecule has 0 N–H and O–H groups in total. The van der Waals surface area contributed by atoms with Crippen LogP contribution in [0.25, 0.3) is 0 Å². The van der Waals surface area contributed by atoms with Crippen LogP contribution < -0.4 is 0 Å². The molecule has 7 aliphatic rings. The van der Waals surface area contributed by atoms with Crippen molar-refractivity contribution in [2.75, 3.05) is 0 Å². The molecule has 5 atom stereocenters. The first kappa shape index (κ1) is 12.2. The molecule has 0 amide bonds. The number of hydrogen-bond acceptors (Lipinski definition) is 0. The Labute approximate surface area is 129 Å². The van der Waals surface area contributed by atoms with Gasteiger partial charge in [0.25, 0.3) is 0 Å². The SMILES string of the molecule is CC12CCC3(CCC13C1CCC3C=C1CC3)C21CCCC1. The van der Waals surface area contributed by atoms with Crippen molar-refractivity contribution in [2.45, 2.75) is 84.0 Å². The smallest absolute Gasteiger partial charge is 0.0110 e. The Morgan fingerprint density at radius 2 is 1.67 bits per heavy atom. The van der Waals surface area contributed by atoms with Gasteiger partial charge >= 0.3 is 0 Å². The van der Waals surface area contributed by atoms with Gasteiger partial charge in [-0.25, -0.2) is 0 Å². The molecule has 0 saturated heterocycles. The highest BCUT2D eigenvalue weighted by atomic mass is 15.0. The van der Waals surface area contributed by atoms with Crippen molar-refractivity contribution in [3.63, 3.8) is 0 Å². The molecule has 7 rings (SSSR count). The highest BCUT2D eigenvalue weighted by molar-refractivity contribution is 5.43. The molecular formula is C21H30. The highest BCUT2D eigenvalue weighted by Crippen LogP contribution is 2.99. The first-order valence-corrected chi connectivity index (χ1v) is 9.90. The average molecular weight is 282 g/mol. The minimum atomic E-state index is 0.732. The van der Waals surface area contributed by atoms with Crippen LogP contribution in [-0.4, -0.2) is 0 Å². The largest absolute Gasteiger partial charge is 0.0819 e. The van der Waals surface area contributed by atoms with E-state index in [1.807, 2.05) is 5.57 Å². The van der Waals surface area contributed by atoms with Crippen molar-refractivity contribution >= 4 is 0 Å². The molecule has 0 heteroatoms. The van der Waals surface area contributed by atoms with E-state index in [-0.39, 0.29) is 0 Å². The van der Waals surface area contributed by atoms with E-state index in [4.69, 9.17) is 0 Å². The quantitative estimate of drug-likeness (QED) is 0.527. The van der Waals surface area contributed by atoms with Gasteiger partial charge in [-0.15, -0.1) is 0 Å². The van der Waals surface area contributed by atoms with Gasteiger partial charge in [-0.1, -0.05) is 31.4 Å². The Bertz CT molecular complexity index is 534. The third-order valence-corrected chi connectivity index (χ3v) is 10.4. The summed E-state index contributed by atoms with van der Waals surface area (Å²) in [5, 5.41) is 0. The van der Waals surface area contributed by atoms with Crippen molar-refractivity contribution in [3.8, 4) is 0 Å². The number of hydrogen-bond donors (Lipinski definition) is 0. The number of allylic oxidation sites excluding steroid dienone is 2. The van der Waals surface area contributed by atoms with Gasteiger partial charge < -0.3 is 0 Å². The Morgan fingerprint density at radius 1 is 0.857 bits per heavy atom. The van der Waals surface area contributed by atoms with Crippen LogP contribution in [0.4, 0.5) is 0 Å². The van der Waals surface area contributed by atoms with Crippen molar-refractivity contribution in [1.29, 1.82) is 0 Å². The van der Waals surface area contributed by atoms with Gasteiger partial charge in [-0.2, -0.15) is 0 Å². The average Bonchev–Trinajstić information content (AvgIpc) is 3.18. The van der Waals surface area contributed by atoms with E-state index < -0.39 is 0 Å². The highest BCUT2D eigenvalue weighted by Gasteiger charge is 2.92. The summed E-state index contributed by atoms with van der Waals surface area (Å²) in [5.41, 5.74) is 5.10. The van der Waals surface area contributed by atoms with E-state index >= 15 is 0 Å². The number of fused-ring (bicyclic) bond motifs is 2. The van der Waals surface area contributed by atoms with Crippen LogP contribution in [0.15, 0.2) is 11.6 Å². The fraction of sp³-hybridized carbons (Fsp3) is 0.905. The van der Waals surface area contributed by atoms with Crippen LogP contribution in [0, 0.1) is 33.5 Å². The summed E-state index contributed by atoms with van der Waals surface area (Å²) in [6, 6.07) is 0. The molecule has 0 aromatic rings. The van der Waals surface area contributed by atoms with Crippen LogP contribution in [0.1, 0.15) is 84.0 Å². The summed E-state index contributed by atoms with van der Waals surface area (Å²) in [6.45, 7) is 2.77. The monoisotopic (exact) mass is 282 g/mol. The predicted molar refractivity (Wildman–Crippen MR) is 85.9 cm³/mol. The van der Waals surface area contributed by atoms with Crippen molar-refractivity contribution in [3.05, 3.63) is 11.6 Å². The van der Waals surface area contributed by atoms with Gasteiger partial charge in [0, 0.05) is 0 Å². The van der Waals surface area contributed by atoms with Crippen molar-refractivity contribution < 1.29 is 0 Å². The molecule has 114 valence electrons. The molecule has 5 saturated carbocycles. The summed E-state index contributed by atoms with van der Waals surface area (Å²) < 4.78 is 0. The lowest BCUT2D eigenvalue weighted by Crippen LogP contribution is -2.79. The summed E-state index contributed by atoms with van der Waals surface area (Å²) >= 11 is 0. The summed E-state index contributed by atoms with van der Waals surface area (Å²) in [7, 11) is 0. The third-order valence-electron chi connectivity index (χ3n) is 10.4. The van der Waals surface area contributed by atoms with Crippen LogP contribution in [-0.2, 0) is 0 Å². The zero-order valence-corrected chi connectivity index (χ0v) is 13.7. The van der Waals surface area contributed by atoms with E-state index in [1.165, 1.54) is 19.3 Å². The Hall–Kier alpha value is -0.260. The van der Waals surface area contributed by atoms with E-state index in [9.17, 15) is 0 Å². The normalized spacial score (nSPS) is 58.6. The second-order valence-electron chi connectivity index (χ2n) is 9.85. The summed E-state index contributed by atoms with van der Waals surface area (Å²) in [6.07, 6.45) is 21.5. The first-order chi connectivity index (χ1) is 10.2. The molecule has 0 aromatic carbocycles. The molecule has 0 nitrogen and oxygen atoms in total. The molecule has 0 aliphatic heterocycles. The standard InChI is InChI=1S/C21H30/c1-18-10-11-20(19(18)8-2-3-9-19)12-13-21(18,20)17-7-5-15-4-6-16(17)14-15/h14-15,17H,2-13H2,1H3. The van der Waals surface area contributed by atoms with Gasteiger partial charge in [0.2, 0.25) is 0 Å². The maximum Gasteiger partial charge on any atom is -0.0110 e. The molecule has 21 heavy (non-hydrogen) atoms. The van der Waals surface area contributed by atoms with Crippen LogP contribution in [0.5, 0.6) is 0 Å². The molecular weight excluding hydrogens is 252 g/mol. The summed E-state index contributed by atoms with van der Waals surface area (Å²) in [4.78, 5) is 0. The topological polar surface area (TPSA) is 0 Å². The molecule has 4 bridgehead atoms. The molecule has 0 heterocycles. The van der Waals surface area contributed by atoms with Crippen molar-refractivity contribution in [1.82, 2.24) is 0 Å². The Balaban J connectivity index is 1.49. The minimum Gasteiger partial charge on any atom is -0.0819 e. The first-order valence-electron chi connectivity index (χ1n) is 9.90. The maximum atomic E-state index is 2.77. The lowest BCUT2D eigenvalue weighted by atomic mass is 9.19. The fourth-order valence-electron chi connectivity index (χ4n) is 9.94. The van der Waals surface area contributed by atoms with Gasteiger partial charge in [0.05, 0.1) is 0 Å². The van der Waals surface area contributed by atoms with Crippen molar-refractivity contribution in [2.24, 2.45) is 33.5 Å². The Morgan fingerprint density at radius 3 is 2.38 bits per heavy atom. The third kappa shape index (κ3) is 0.907. The molecule has 2 spiro atoms. The van der Waals surface area contributed by atoms with Crippen LogP contribution in [0.2, 0.25) is 0 Å². The Kier molecular flexibility index (Phi) is 1.92. The molecule has 0 radical (unpaired) electrons. The van der Waals surface area contributed by atoms with Gasteiger partial charge in [0.1, 0.15) is 0 Å². The zero-order valence-electron chi connectivity index (χ0n) is 13.7. The van der Waals surface area contributed by atoms with Gasteiger partial charge in [-0.05, 0) is 97.7 Å². The van der Waals surface area contributed by atoms with Gasteiger partial charge in [-0.3, -0.25) is 0 Å². The second-order valence-corrected chi connectivity index (χ2v) is 9.85. The molecule has 5 fully saturated rings. The maximum absolute atomic E-state index is 2.77.